The number of methoxy groups -OCH3 is 2. The first-order valence-corrected chi connectivity index (χ1v) is 10.6. The van der Waals surface area contributed by atoms with E-state index in [0.29, 0.717) is 23.3 Å². The van der Waals surface area contributed by atoms with Crippen LogP contribution < -0.4 is 14.2 Å². The summed E-state index contributed by atoms with van der Waals surface area (Å²) < 4.78 is 46.6. The molecule has 10 heteroatoms. The van der Waals surface area contributed by atoms with E-state index in [0.717, 1.165) is 5.56 Å². The number of ether oxygens (including phenoxy) is 2. The molecule has 0 saturated heterocycles. The van der Waals surface area contributed by atoms with Crippen LogP contribution in [0.25, 0.3) is 11.0 Å². The van der Waals surface area contributed by atoms with Crippen LogP contribution >= 0.6 is 0 Å². The standard InChI is InChI=1S/C21H18N4O5S/c1-4-15-7-5-8-16(28-2)20(15)31(26,27)24-21-19-17(29-3)11-14(12-18(19)30-23-21)13-25-10-6-9-22-25/h1,5-12H,13H2,2-3H3,(H,23,24). The summed E-state index contributed by atoms with van der Waals surface area (Å²) in [6.07, 6.45) is 9.00. The molecule has 0 atom stereocenters. The van der Waals surface area contributed by atoms with Crippen molar-refractivity contribution in [2.45, 2.75) is 11.4 Å². The lowest BCUT2D eigenvalue weighted by Gasteiger charge is -2.12. The van der Waals surface area contributed by atoms with Gasteiger partial charge in [0.05, 0.1) is 20.8 Å². The summed E-state index contributed by atoms with van der Waals surface area (Å²) in [4.78, 5) is -0.162. The van der Waals surface area contributed by atoms with E-state index in [4.69, 9.17) is 20.4 Å². The van der Waals surface area contributed by atoms with Crippen LogP contribution in [0.5, 0.6) is 11.5 Å². The Morgan fingerprint density at radius 3 is 2.68 bits per heavy atom. The van der Waals surface area contributed by atoms with Crippen LogP contribution in [0.1, 0.15) is 11.1 Å². The van der Waals surface area contributed by atoms with E-state index in [2.05, 4.69) is 20.9 Å². The van der Waals surface area contributed by atoms with Gasteiger partial charge in [-0.05, 0) is 35.9 Å². The van der Waals surface area contributed by atoms with Crippen LogP contribution in [-0.4, -0.2) is 37.6 Å². The van der Waals surface area contributed by atoms with E-state index in [1.165, 1.54) is 26.4 Å². The van der Waals surface area contributed by atoms with Crippen LogP contribution in [0, 0.1) is 12.3 Å². The Kier molecular flexibility index (Phi) is 5.27. The Labute approximate surface area is 178 Å². The molecule has 0 bridgehead atoms. The fourth-order valence-corrected chi connectivity index (χ4v) is 4.57. The van der Waals surface area contributed by atoms with E-state index in [9.17, 15) is 8.42 Å². The van der Waals surface area contributed by atoms with Gasteiger partial charge >= 0.3 is 0 Å². The lowest BCUT2D eigenvalue weighted by Crippen LogP contribution is -2.16. The van der Waals surface area contributed by atoms with Gasteiger partial charge in [0, 0.05) is 18.0 Å². The first kappa shape index (κ1) is 20.3. The third-order valence-electron chi connectivity index (χ3n) is 4.58. The van der Waals surface area contributed by atoms with E-state index >= 15 is 0 Å². The van der Waals surface area contributed by atoms with E-state index in [1.54, 1.807) is 29.1 Å². The largest absolute Gasteiger partial charge is 0.496 e. The van der Waals surface area contributed by atoms with Crippen molar-refractivity contribution in [1.82, 2.24) is 14.9 Å². The van der Waals surface area contributed by atoms with Gasteiger partial charge in [-0.2, -0.15) is 5.10 Å². The van der Waals surface area contributed by atoms with Gasteiger partial charge in [0.2, 0.25) is 0 Å². The van der Waals surface area contributed by atoms with Gasteiger partial charge in [-0.3, -0.25) is 9.40 Å². The number of nitrogens with zero attached hydrogens (tertiary/aromatic N) is 3. The summed E-state index contributed by atoms with van der Waals surface area (Å²) in [5.74, 6) is 2.86. The van der Waals surface area contributed by atoms with Crippen LogP contribution in [-0.2, 0) is 16.6 Å². The Bertz CT molecular complexity index is 1390. The van der Waals surface area contributed by atoms with Gasteiger partial charge in [0.15, 0.2) is 11.4 Å². The first-order chi connectivity index (χ1) is 15.0. The van der Waals surface area contributed by atoms with Gasteiger partial charge in [0.1, 0.15) is 21.8 Å². The Balaban J connectivity index is 1.77. The Morgan fingerprint density at radius 2 is 2.00 bits per heavy atom. The van der Waals surface area contributed by atoms with E-state index in [1.807, 2.05) is 12.3 Å². The number of nitrogens with one attached hydrogen (secondary N) is 1. The van der Waals surface area contributed by atoms with Gasteiger partial charge in [-0.1, -0.05) is 17.1 Å². The SMILES string of the molecule is C#Cc1cccc(OC)c1S(=O)(=O)Nc1noc2cc(Cn3cccn3)cc(OC)c12. The molecule has 1 N–H and O–H groups in total. The molecule has 0 radical (unpaired) electrons. The molecule has 0 saturated carbocycles. The highest BCUT2D eigenvalue weighted by atomic mass is 32.2. The summed E-state index contributed by atoms with van der Waals surface area (Å²) in [6, 6.07) is 9.98. The van der Waals surface area contributed by atoms with E-state index in [-0.39, 0.29) is 22.0 Å². The number of aromatic nitrogens is 3. The van der Waals surface area contributed by atoms with Crippen molar-refractivity contribution in [3.63, 3.8) is 0 Å². The maximum Gasteiger partial charge on any atom is 0.268 e. The minimum Gasteiger partial charge on any atom is -0.496 e. The third-order valence-corrected chi connectivity index (χ3v) is 6.00. The molecule has 0 amide bonds. The highest BCUT2D eigenvalue weighted by molar-refractivity contribution is 7.93. The molecule has 158 valence electrons. The number of hydrogen-bond donors (Lipinski definition) is 1. The summed E-state index contributed by atoms with van der Waals surface area (Å²) in [5.41, 5.74) is 1.36. The zero-order valence-corrected chi connectivity index (χ0v) is 17.5. The number of sulfonamides is 1. The average Bonchev–Trinajstić information content (AvgIpc) is 3.42. The van der Waals surface area contributed by atoms with Crippen molar-refractivity contribution in [3.8, 4) is 23.8 Å². The quantitative estimate of drug-likeness (QED) is 0.442. The van der Waals surface area contributed by atoms with E-state index < -0.39 is 10.0 Å². The van der Waals surface area contributed by atoms with Gasteiger partial charge in [-0.25, -0.2) is 8.42 Å². The maximum absolute atomic E-state index is 13.2. The smallest absolute Gasteiger partial charge is 0.268 e. The van der Waals surface area contributed by atoms with Gasteiger partial charge in [0.25, 0.3) is 10.0 Å². The fraction of sp³-hybridized carbons (Fsp3) is 0.143. The molecule has 0 aliphatic heterocycles. The van der Waals surface area contributed by atoms with Crippen LogP contribution in [0.2, 0.25) is 0 Å². The highest BCUT2D eigenvalue weighted by Crippen LogP contribution is 2.36. The second kappa shape index (κ2) is 8.04. The van der Waals surface area contributed by atoms with Gasteiger partial charge < -0.3 is 14.0 Å². The van der Waals surface area contributed by atoms with Crippen molar-refractivity contribution in [1.29, 1.82) is 0 Å². The molecule has 4 aromatic rings. The van der Waals surface area contributed by atoms with Crippen molar-refractivity contribution in [2.24, 2.45) is 0 Å². The lowest BCUT2D eigenvalue weighted by atomic mass is 10.1. The maximum atomic E-state index is 13.2. The molecule has 4 rings (SSSR count). The monoisotopic (exact) mass is 438 g/mol. The number of terminal acetylenes is 1. The molecular weight excluding hydrogens is 420 g/mol. The van der Waals surface area contributed by atoms with Gasteiger partial charge in [-0.15, -0.1) is 6.42 Å². The summed E-state index contributed by atoms with van der Waals surface area (Å²) in [7, 11) is -1.30. The zero-order chi connectivity index (χ0) is 22.0. The predicted molar refractivity (Wildman–Crippen MR) is 114 cm³/mol. The number of rotatable bonds is 7. The number of hydrogen-bond acceptors (Lipinski definition) is 7. The second-order valence-electron chi connectivity index (χ2n) is 6.49. The molecule has 2 heterocycles. The Hall–Kier alpha value is -3.97. The first-order valence-electron chi connectivity index (χ1n) is 9.07. The highest BCUT2D eigenvalue weighted by Gasteiger charge is 2.26. The average molecular weight is 438 g/mol. The molecule has 2 aromatic carbocycles. The molecule has 0 fully saturated rings. The predicted octanol–water partition coefficient (Wildman–Crippen LogP) is 2.87. The van der Waals surface area contributed by atoms with Crippen molar-refractivity contribution < 1.29 is 22.4 Å². The summed E-state index contributed by atoms with van der Waals surface area (Å²) in [6.45, 7) is 0.480. The van der Waals surface area contributed by atoms with Crippen molar-refractivity contribution in [2.75, 3.05) is 18.9 Å². The van der Waals surface area contributed by atoms with Crippen molar-refractivity contribution in [3.05, 3.63) is 59.9 Å². The second-order valence-corrected chi connectivity index (χ2v) is 8.11. The molecule has 0 aliphatic rings. The van der Waals surface area contributed by atoms with Crippen LogP contribution in [0.15, 0.2) is 58.2 Å². The fourth-order valence-electron chi connectivity index (χ4n) is 3.24. The molecule has 2 aromatic heterocycles. The lowest BCUT2D eigenvalue weighted by molar-refractivity contribution is 0.402. The molecular formula is C21H18N4O5S. The molecule has 0 spiro atoms. The molecule has 9 nitrogen and oxygen atoms in total. The minimum atomic E-state index is -4.15. The minimum absolute atomic E-state index is 0.0219. The van der Waals surface area contributed by atoms with Crippen molar-refractivity contribution >= 4 is 26.8 Å². The summed E-state index contributed by atoms with van der Waals surface area (Å²) >= 11 is 0. The third kappa shape index (κ3) is 3.78. The normalized spacial score (nSPS) is 11.3. The Morgan fingerprint density at radius 1 is 1.19 bits per heavy atom. The molecule has 31 heavy (non-hydrogen) atoms. The number of benzene rings is 2. The van der Waals surface area contributed by atoms with Crippen LogP contribution in [0.4, 0.5) is 5.82 Å². The number of anilines is 1. The molecule has 0 aliphatic carbocycles. The number of fused-ring (bicyclic) bond motifs is 1. The topological polar surface area (TPSA) is 108 Å². The van der Waals surface area contributed by atoms with Crippen LogP contribution in [0.3, 0.4) is 0 Å². The zero-order valence-electron chi connectivity index (χ0n) is 16.7. The molecule has 0 unspecified atom stereocenters. The summed E-state index contributed by atoms with van der Waals surface area (Å²) in [5, 5.41) is 8.46.